The Kier molecular flexibility index (Phi) is 6.29. The van der Waals surface area contributed by atoms with E-state index in [2.05, 4.69) is 5.32 Å². The maximum Gasteiger partial charge on any atom is 0.335 e. The average Bonchev–Trinajstić information content (AvgIpc) is 2.79. The fourth-order valence-electron chi connectivity index (χ4n) is 2.08. The van der Waals surface area contributed by atoms with Gasteiger partial charge in [0.05, 0.1) is 31.4 Å². The molecule has 0 radical (unpaired) electrons. The molecule has 2 unspecified atom stereocenters. The lowest BCUT2D eigenvalue weighted by Crippen LogP contribution is -2.30. The van der Waals surface area contributed by atoms with Crippen molar-refractivity contribution in [3.63, 3.8) is 0 Å². The van der Waals surface area contributed by atoms with Crippen LogP contribution in [0.3, 0.4) is 0 Å². The van der Waals surface area contributed by atoms with E-state index in [4.69, 9.17) is 13.8 Å². The molecule has 0 spiro atoms. The second-order valence-electron chi connectivity index (χ2n) is 3.96. The molecule has 0 saturated carbocycles. The van der Waals surface area contributed by atoms with Crippen molar-refractivity contribution in [2.24, 2.45) is 5.92 Å². The number of ether oxygens (including phenoxy) is 1. The molecule has 1 heterocycles. The minimum Gasteiger partial charge on any atom is -0.466 e. The van der Waals surface area contributed by atoms with Crippen molar-refractivity contribution < 1.29 is 23.1 Å². The summed E-state index contributed by atoms with van der Waals surface area (Å²) < 4.78 is 28.2. The van der Waals surface area contributed by atoms with E-state index < -0.39 is 19.2 Å². The molecule has 0 amide bonds. The Morgan fingerprint density at radius 1 is 1.17 bits per heavy atom. The predicted molar refractivity (Wildman–Crippen MR) is 67.6 cm³/mol. The molecule has 1 N–H and O–H groups in total. The smallest absolute Gasteiger partial charge is 0.335 e. The monoisotopic (exact) mass is 279 g/mol. The van der Waals surface area contributed by atoms with E-state index in [1.807, 2.05) is 0 Å². The van der Waals surface area contributed by atoms with Crippen LogP contribution in [0.1, 0.15) is 20.8 Å². The highest BCUT2D eigenvalue weighted by atomic mass is 31.2. The van der Waals surface area contributed by atoms with Gasteiger partial charge in [-0.2, -0.15) is 0 Å². The van der Waals surface area contributed by atoms with Gasteiger partial charge >= 0.3 is 13.6 Å². The summed E-state index contributed by atoms with van der Waals surface area (Å²) in [5.41, 5.74) is -0.462. The van der Waals surface area contributed by atoms with E-state index in [0.717, 1.165) is 0 Å². The summed E-state index contributed by atoms with van der Waals surface area (Å²) >= 11 is 0. The Balaban J connectivity index is 2.83. The van der Waals surface area contributed by atoms with E-state index in [1.54, 1.807) is 20.8 Å². The van der Waals surface area contributed by atoms with Gasteiger partial charge in [-0.05, 0) is 20.8 Å². The SMILES string of the molecule is CCOC(=O)C1CNCC1P(=O)(OCC)OCC. The topological polar surface area (TPSA) is 73.9 Å². The van der Waals surface area contributed by atoms with Gasteiger partial charge in [-0.3, -0.25) is 9.36 Å². The van der Waals surface area contributed by atoms with Crippen LogP contribution >= 0.6 is 7.60 Å². The molecule has 1 saturated heterocycles. The molecule has 18 heavy (non-hydrogen) atoms. The van der Waals surface area contributed by atoms with Crippen molar-refractivity contribution >= 4 is 13.6 Å². The third-order valence-corrected chi connectivity index (χ3v) is 5.39. The van der Waals surface area contributed by atoms with Crippen molar-refractivity contribution in [2.45, 2.75) is 26.4 Å². The zero-order chi connectivity index (χ0) is 13.6. The highest BCUT2D eigenvalue weighted by molar-refractivity contribution is 7.54. The molecule has 0 aromatic rings. The number of carbonyl (C=O) groups is 1. The summed E-state index contributed by atoms with van der Waals surface area (Å²) in [6.07, 6.45) is 0. The summed E-state index contributed by atoms with van der Waals surface area (Å²) in [5.74, 6) is -0.805. The second-order valence-corrected chi connectivity index (χ2v) is 6.22. The Bertz CT molecular complexity index is 313. The number of esters is 1. The molecule has 1 aliphatic heterocycles. The van der Waals surface area contributed by atoms with Gasteiger partial charge in [-0.15, -0.1) is 0 Å². The minimum atomic E-state index is -3.26. The van der Waals surface area contributed by atoms with Gasteiger partial charge in [-0.1, -0.05) is 0 Å². The van der Waals surface area contributed by atoms with Gasteiger partial charge in [0.15, 0.2) is 0 Å². The molecule has 6 nitrogen and oxygen atoms in total. The van der Waals surface area contributed by atoms with Gasteiger partial charge in [0.2, 0.25) is 0 Å². The first-order chi connectivity index (χ1) is 8.59. The molecule has 7 heteroatoms. The number of carbonyl (C=O) groups excluding carboxylic acids is 1. The lowest BCUT2D eigenvalue weighted by Gasteiger charge is -2.25. The molecular weight excluding hydrogens is 257 g/mol. The predicted octanol–water partition coefficient (Wildman–Crippen LogP) is 1.40. The van der Waals surface area contributed by atoms with Crippen LogP contribution in [-0.2, 0) is 23.1 Å². The summed E-state index contributed by atoms with van der Waals surface area (Å²) in [4.78, 5) is 11.8. The lowest BCUT2D eigenvalue weighted by atomic mass is 10.1. The van der Waals surface area contributed by atoms with Crippen LogP contribution < -0.4 is 5.32 Å². The van der Waals surface area contributed by atoms with Crippen LogP contribution in [0.5, 0.6) is 0 Å². The maximum atomic E-state index is 12.6. The molecule has 0 bridgehead atoms. The van der Waals surface area contributed by atoms with Crippen LogP contribution in [0.2, 0.25) is 0 Å². The van der Waals surface area contributed by atoms with Gasteiger partial charge in [0.1, 0.15) is 0 Å². The lowest BCUT2D eigenvalue weighted by molar-refractivity contribution is -0.147. The van der Waals surface area contributed by atoms with Crippen molar-refractivity contribution in [2.75, 3.05) is 32.9 Å². The molecule has 1 aliphatic rings. The van der Waals surface area contributed by atoms with Gasteiger partial charge in [0, 0.05) is 13.1 Å². The Labute approximate surface area is 108 Å². The van der Waals surface area contributed by atoms with Crippen LogP contribution in [0, 0.1) is 5.92 Å². The van der Waals surface area contributed by atoms with Crippen LogP contribution in [-0.4, -0.2) is 44.5 Å². The molecule has 0 aromatic heterocycles. The minimum absolute atomic E-state index is 0.295. The van der Waals surface area contributed by atoms with Crippen molar-refractivity contribution in [1.82, 2.24) is 5.32 Å². The molecule has 106 valence electrons. The van der Waals surface area contributed by atoms with Crippen LogP contribution in [0.15, 0.2) is 0 Å². The van der Waals surface area contributed by atoms with Gasteiger partial charge in [-0.25, -0.2) is 0 Å². The van der Waals surface area contributed by atoms with Crippen LogP contribution in [0.25, 0.3) is 0 Å². The molecule has 1 rings (SSSR count). The first kappa shape index (κ1) is 15.6. The first-order valence-corrected chi connectivity index (χ1v) is 7.96. The number of hydrogen-bond acceptors (Lipinski definition) is 6. The summed E-state index contributed by atoms with van der Waals surface area (Å²) in [6.45, 7) is 7.07. The van der Waals surface area contributed by atoms with E-state index in [-0.39, 0.29) is 5.97 Å². The Hall–Kier alpha value is -0.420. The summed E-state index contributed by atoms with van der Waals surface area (Å²) in [7, 11) is -3.26. The van der Waals surface area contributed by atoms with Crippen molar-refractivity contribution in [3.8, 4) is 0 Å². The van der Waals surface area contributed by atoms with E-state index in [0.29, 0.717) is 32.9 Å². The number of rotatable bonds is 7. The largest absolute Gasteiger partial charge is 0.466 e. The number of nitrogens with one attached hydrogen (secondary N) is 1. The standard InChI is InChI=1S/C11H22NO5P/c1-4-15-11(13)9-7-12-8-10(9)18(14,16-5-2)17-6-3/h9-10,12H,4-8H2,1-3H3. The summed E-state index contributed by atoms with van der Waals surface area (Å²) in [6, 6.07) is 0. The van der Waals surface area contributed by atoms with E-state index in [1.165, 1.54) is 0 Å². The molecule has 1 fully saturated rings. The quantitative estimate of drug-likeness (QED) is 0.561. The molecular formula is C11H22NO5P. The van der Waals surface area contributed by atoms with Crippen molar-refractivity contribution in [1.29, 1.82) is 0 Å². The third-order valence-electron chi connectivity index (χ3n) is 2.80. The van der Waals surface area contributed by atoms with Gasteiger partial charge in [0.25, 0.3) is 0 Å². The Morgan fingerprint density at radius 2 is 1.78 bits per heavy atom. The van der Waals surface area contributed by atoms with Crippen LogP contribution in [0.4, 0.5) is 0 Å². The van der Waals surface area contributed by atoms with E-state index in [9.17, 15) is 9.36 Å². The maximum absolute atomic E-state index is 12.6. The fourth-order valence-corrected chi connectivity index (χ4v) is 4.27. The van der Waals surface area contributed by atoms with Gasteiger partial charge < -0.3 is 19.1 Å². The summed E-state index contributed by atoms with van der Waals surface area (Å²) in [5, 5.41) is 3.05. The molecule has 2 atom stereocenters. The first-order valence-electron chi connectivity index (χ1n) is 6.35. The normalized spacial score (nSPS) is 24.2. The fraction of sp³-hybridized carbons (Fsp3) is 0.909. The average molecular weight is 279 g/mol. The van der Waals surface area contributed by atoms with E-state index >= 15 is 0 Å². The highest BCUT2D eigenvalue weighted by Gasteiger charge is 2.47. The molecule has 0 aromatic carbocycles. The Morgan fingerprint density at radius 3 is 2.28 bits per heavy atom. The highest BCUT2D eigenvalue weighted by Crippen LogP contribution is 2.56. The molecule has 0 aliphatic carbocycles. The zero-order valence-electron chi connectivity index (χ0n) is 11.2. The zero-order valence-corrected chi connectivity index (χ0v) is 12.1. The van der Waals surface area contributed by atoms with Crippen molar-refractivity contribution in [3.05, 3.63) is 0 Å². The third kappa shape index (κ3) is 3.54. The number of hydrogen-bond donors (Lipinski definition) is 1. The second kappa shape index (κ2) is 7.24.